The highest BCUT2D eigenvalue weighted by atomic mass is 31.2. The molecule has 2 aromatic carbocycles. The van der Waals surface area contributed by atoms with Crippen LogP contribution in [0.2, 0.25) is 0 Å². The number of aryl methyl sites for hydroxylation is 1. The van der Waals surface area contributed by atoms with Gasteiger partial charge in [-0.3, -0.25) is 4.57 Å². The van der Waals surface area contributed by atoms with Crippen LogP contribution in [0.15, 0.2) is 42.5 Å². The summed E-state index contributed by atoms with van der Waals surface area (Å²) in [6.07, 6.45) is 1.14. The van der Waals surface area contributed by atoms with Gasteiger partial charge in [0.05, 0.1) is 5.30 Å². The first-order valence-corrected chi connectivity index (χ1v) is 8.55. The van der Waals surface area contributed by atoms with Crippen molar-refractivity contribution in [3.63, 3.8) is 0 Å². The van der Waals surface area contributed by atoms with Crippen molar-refractivity contribution in [2.45, 2.75) is 25.7 Å². The third kappa shape index (κ3) is 4.10. The van der Waals surface area contributed by atoms with Crippen LogP contribution in [0.25, 0.3) is 0 Å². The summed E-state index contributed by atoms with van der Waals surface area (Å²) >= 11 is 0. The Hall–Kier alpha value is -1.81. The molecule has 2 aromatic rings. The number of hydrogen-bond donors (Lipinski definition) is 4. The van der Waals surface area contributed by atoms with Gasteiger partial charge in [-0.1, -0.05) is 25.1 Å². The first-order valence-electron chi connectivity index (χ1n) is 6.94. The van der Waals surface area contributed by atoms with E-state index in [1.54, 1.807) is 24.3 Å². The third-order valence-corrected chi connectivity index (χ3v) is 4.71. The highest BCUT2D eigenvalue weighted by molar-refractivity contribution is 7.60. The molecular weight excluding hydrogens is 303 g/mol. The van der Waals surface area contributed by atoms with Gasteiger partial charge < -0.3 is 20.0 Å². The molecule has 118 valence electrons. The minimum Gasteiger partial charge on any atom is -0.508 e. The van der Waals surface area contributed by atoms with E-state index in [-0.39, 0.29) is 22.7 Å². The number of rotatable bonds is 5. The molecule has 6 heteroatoms. The summed E-state index contributed by atoms with van der Waals surface area (Å²) in [6, 6.07) is 11.0. The monoisotopic (exact) mass is 322 g/mol. The van der Waals surface area contributed by atoms with Crippen LogP contribution < -0.4 is 5.30 Å². The van der Waals surface area contributed by atoms with E-state index in [1.807, 2.05) is 13.0 Å². The second-order valence-corrected chi connectivity index (χ2v) is 6.96. The van der Waals surface area contributed by atoms with Crippen molar-refractivity contribution in [2.24, 2.45) is 0 Å². The van der Waals surface area contributed by atoms with E-state index in [0.29, 0.717) is 18.4 Å². The predicted molar refractivity (Wildman–Crippen MR) is 84.6 cm³/mol. The molecule has 22 heavy (non-hydrogen) atoms. The molecular formula is C16H19O5P. The topological polar surface area (TPSA) is 98.0 Å². The number of benzene rings is 2. The summed E-state index contributed by atoms with van der Waals surface area (Å²) in [5.74, 6) is 0.165. The quantitative estimate of drug-likeness (QED) is 0.634. The van der Waals surface area contributed by atoms with E-state index in [4.69, 9.17) is 0 Å². The van der Waals surface area contributed by atoms with E-state index in [1.165, 1.54) is 6.07 Å². The zero-order valence-corrected chi connectivity index (χ0v) is 13.1. The van der Waals surface area contributed by atoms with Gasteiger partial charge in [0.25, 0.3) is 0 Å². The Labute approximate surface area is 129 Å². The molecule has 0 radical (unpaired) electrons. The largest absolute Gasteiger partial charge is 0.508 e. The van der Waals surface area contributed by atoms with Crippen LogP contribution in [0, 0.1) is 0 Å². The Morgan fingerprint density at radius 3 is 2.36 bits per heavy atom. The Balaban J connectivity index is 2.17. The van der Waals surface area contributed by atoms with Gasteiger partial charge in [0.1, 0.15) is 11.5 Å². The van der Waals surface area contributed by atoms with Gasteiger partial charge in [0.15, 0.2) is 0 Å². The van der Waals surface area contributed by atoms with E-state index >= 15 is 0 Å². The normalized spacial score (nSPS) is 13.0. The molecule has 1 atom stereocenters. The van der Waals surface area contributed by atoms with E-state index in [9.17, 15) is 24.6 Å². The maximum absolute atomic E-state index is 11.5. The van der Waals surface area contributed by atoms with Crippen LogP contribution >= 0.6 is 7.60 Å². The smallest absolute Gasteiger partial charge is 0.356 e. The number of hydrogen-bond acceptors (Lipinski definition) is 3. The molecule has 5 nitrogen and oxygen atoms in total. The molecule has 0 heterocycles. The van der Waals surface area contributed by atoms with Crippen LogP contribution in [-0.2, 0) is 11.0 Å². The van der Waals surface area contributed by atoms with Gasteiger partial charge >= 0.3 is 7.60 Å². The number of phenolic OH excluding ortho intramolecular Hbond substituents is 2. The molecule has 0 bridgehead atoms. The molecule has 0 aliphatic rings. The third-order valence-electron chi connectivity index (χ3n) is 3.67. The second kappa shape index (κ2) is 6.53. The Morgan fingerprint density at radius 1 is 1.05 bits per heavy atom. The lowest BCUT2D eigenvalue weighted by Gasteiger charge is -2.15. The summed E-state index contributed by atoms with van der Waals surface area (Å²) < 4.78 is 11.5. The molecule has 0 spiro atoms. The maximum Gasteiger partial charge on any atom is 0.356 e. The summed E-state index contributed by atoms with van der Waals surface area (Å²) in [4.78, 5) is 18.8. The molecule has 0 amide bonds. The van der Waals surface area contributed by atoms with Crippen molar-refractivity contribution >= 4 is 12.9 Å². The van der Waals surface area contributed by atoms with Gasteiger partial charge in [-0.05, 0) is 54.2 Å². The van der Waals surface area contributed by atoms with Crippen LogP contribution in [-0.4, -0.2) is 20.0 Å². The van der Waals surface area contributed by atoms with E-state index in [0.717, 1.165) is 11.6 Å². The maximum atomic E-state index is 11.5. The van der Waals surface area contributed by atoms with Crippen molar-refractivity contribution in [1.82, 2.24) is 0 Å². The van der Waals surface area contributed by atoms with Gasteiger partial charge in [0.2, 0.25) is 0 Å². The van der Waals surface area contributed by atoms with Crippen molar-refractivity contribution in [1.29, 1.82) is 0 Å². The lowest BCUT2D eigenvalue weighted by molar-refractivity contribution is 0.386. The SMILES string of the molecule is CC(CCc1ccc(O)cc1P(=O)(O)O)c1cccc(O)c1. The summed E-state index contributed by atoms with van der Waals surface area (Å²) in [5, 5.41) is 18.8. The van der Waals surface area contributed by atoms with Gasteiger partial charge in [-0.15, -0.1) is 0 Å². The standard InChI is InChI=1S/C16H19O5P/c1-11(13-3-2-4-14(17)9-13)5-6-12-7-8-15(18)10-16(12)22(19,20)21/h2-4,7-11,17-18H,5-6H2,1H3,(H2,19,20,21). The van der Waals surface area contributed by atoms with Crippen LogP contribution in [0.4, 0.5) is 0 Å². The highest BCUT2D eigenvalue weighted by Crippen LogP contribution is 2.36. The van der Waals surface area contributed by atoms with Gasteiger partial charge in [0, 0.05) is 0 Å². The molecule has 0 saturated heterocycles. The van der Waals surface area contributed by atoms with E-state index < -0.39 is 7.60 Å². The summed E-state index contributed by atoms with van der Waals surface area (Å²) in [6.45, 7) is 1.99. The fraction of sp³-hybridized carbons (Fsp3) is 0.250. The Bertz CT molecular complexity index is 707. The first-order chi connectivity index (χ1) is 10.3. The minimum absolute atomic E-state index is 0.129. The van der Waals surface area contributed by atoms with Crippen molar-refractivity contribution in [2.75, 3.05) is 0 Å². The Kier molecular flexibility index (Phi) is 4.91. The molecule has 0 aliphatic heterocycles. The molecule has 1 unspecified atom stereocenters. The molecule has 0 fully saturated rings. The van der Waals surface area contributed by atoms with Crippen LogP contribution in [0.5, 0.6) is 11.5 Å². The molecule has 0 aliphatic carbocycles. The predicted octanol–water partition coefficient (Wildman–Crippen LogP) is 2.64. The zero-order valence-electron chi connectivity index (χ0n) is 12.2. The van der Waals surface area contributed by atoms with Crippen molar-refractivity contribution < 1.29 is 24.6 Å². The lowest BCUT2D eigenvalue weighted by atomic mass is 9.94. The van der Waals surface area contributed by atoms with E-state index in [2.05, 4.69) is 0 Å². The van der Waals surface area contributed by atoms with Crippen molar-refractivity contribution in [3.05, 3.63) is 53.6 Å². The fourth-order valence-electron chi connectivity index (χ4n) is 2.40. The second-order valence-electron chi connectivity index (χ2n) is 5.39. The zero-order chi connectivity index (χ0) is 16.3. The summed E-state index contributed by atoms with van der Waals surface area (Å²) in [5.41, 5.74) is 1.50. The minimum atomic E-state index is -4.42. The average Bonchev–Trinajstić information content (AvgIpc) is 2.44. The highest BCUT2D eigenvalue weighted by Gasteiger charge is 2.22. The first kappa shape index (κ1) is 16.6. The number of aromatic hydroxyl groups is 2. The molecule has 0 saturated carbocycles. The van der Waals surface area contributed by atoms with Gasteiger partial charge in [-0.25, -0.2) is 0 Å². The molecule has 0 aromatic heterocycles. The fourth-order valence-corrected chi connectivity index (χ4v) is 3.27. The lowest BCUT2D eigenvalue weighted by Crippen LogP contribution is -2.11. The van der Waals surface area contributed by atoms with Crippen LogP contribution in [0.1, 0.15) is 30.4 Å². The molecule has 2 rings (SSSR count). The van der Waals surface area contributed by atoms with Crippen LogP contribution in [0.3, 0.4) is 0 Å². The average molecular weight is 322 g/mol. The number of phenols is 2. The Morgan fingerprint density at radius 2 is 1.73 bits per heavy atom. The summed E-state index contributed by atoms with van der Waals surface area (Å²) in [7, 11) is -4.42. The van der Waals surface area contributed by atoms with Crippen molar-refractivity contribution in [3.8, 4) is 11.5 Å². The van der Waals surface area contributed by atoms with Gasteiger partial charge in [-0.2, -0.15) is 0 Å². The molecule has 4 N–H and O–H groups in total.